The van der Waals surface area contributed by atoms with Crippen molar-refractivity contribution in [2.45, 2.75) is 31.5 Å². The van der Waals surface area contributed by atoms with Crippen molar-refractivity contribution in [3.8, 4) is 17.1 Å². The molecule has 6 heterocycles. The lowest BCUT2D eigenvalue weighted by Gasteiger charge is -2.51. The van der Waals surface area contributed by atoms with Gasteiger partial charge in [0.05, 0.1) is 23.5 Å². The van der Waals surface area contributed by atoms with E-state index in [9.17, 15) is 4.79 Å². The summed E-state index contributed by atoms with van der Waals surface area (Å²) in [6.45, 7) is 2.17. The summed E-state index contributed by atoms with van der Waals surface area (Å²) in [5.74, 6) is 0.249. The number of piperazine rings is 1. The highest BCUT2D eigenvalue weighted by Gasteiger charge is 2.42. The van der Waals surface area contributed by atoms with Crippen molar-refractivity contribution in [3.05, 3.63) is 82.2 Å². The van der Waals surface area contributed by atoms with E-state index >= 15 is 0 Å². The third-order valence-corrected chi connectivity index (χ3v) is 7.79. The fourth-order valence-corrected chi connectivity index (χ4v) is 5.72. The Morgan fingerprint density at radius 3 is 2.56 bits per heavy atom. The molecule has 0 radical (unpaired) electrons. The number of hydrogen-bond acceptors (Lipinski definition) is 5. The van der Waals surface area contributed by atoms with Gasteiger partial charge >= 0.3 is 0 Å². The normalized spacial score (nSPS) is 19.7. The van der Waals surface area contributed by atoms with Gasteiger partial charge in [-0.3, -0.25) is 9.69 Å². The van der Waals surface area contributed by atoms with Crippen LogP contribution in [0.15, 0.2) is 60.8 Å². The van der Waals surface area contributed by atoms with Crippen LogP contribution < -0.4 is 4.74 Å². The Hall–Kier alpha value is -3.13. The molecule has 0 spiro atoms. The molecule has 7 rings (SSSR count). The predicted molar refractivity (Wildman–Crippen MR) is 140 cm³/mol. The second kappa shape index (κ2) is 9.39. The molecule has 3 aromatic heterocycles. The molecule has 3 saturated heterocycles. The van der Waals surface area contributed by atoms with Crippen molar-refractivity contribution in [1.82, 2.24) is 24.2 Å². The highest BCUT2D eigenvalue weighted by molar-refractivity contribution is 6.33. The molecule has 2 bridgehead atoms. The molecule has 9 heteroatoms. The monoisotopic (exact) mass is 521 g/mol. The molecule has 2 atom stereocenters. The van der Waals surface area contributed by atoms with Crippen molar-refractivity contribution in [3.63, 3.8) is 0 Å². The first-order chi connectivity index (χ1) is 17.5. The van der Waals surface area contributed by atoms with Crippen LogP contribution in [0.4, 0.5) is 0 Å². The van der Waals surface area contributed by atoms with E-state index in [0.29, 0.717) is 22.5 Å². The van der Waals surface area contributed by atoms with Crippen LogP contribution in [-0.2, 0) is 6.54 Å². The summed E-state index contributed by atoms with van der Waals surface area (Å²) in [5.41, 5.74) is 4.29. The van der Waals surface area contributed by atoms with Crippen molar-refractivity contribution in [2.24, 2.45) is 0 Å². The predicted octanol–water partition coefficient (Wildman–Crippen LogP) is 5.20. The summed E-state index contributed by atoms with van der Waals surface area (Å²) >= 11 is 12.5. The molecule has 36 heavy (non-hydrogen) atoms. The molecule has 3 aliphatic rings. The molecule has 3 aliphatic heterocycles. The van der Waals surface area contributed by atoms with Gasteiger partial charge in [-0.15, -0.1) is 0 Å². The van der Waals surface area contributed by atoms with Gasteiger partial charge in [0.25, 0.3) is 5.91 Å². The van der Waals surface area contributed by atoms with Crippen LogP contribution in [0.25, 0.3) is 16.9 Å². The van der Waals surface area contributed by atoms with Crippen molar-refractivity contribution in [2.75, 3.05) is 20.2 Å². The molecule has 1 unspecified atom stereocenters. The zero-order chi connectivity index (χ0) is 24.8. The Bertz CT molecular complexity index is 1440. The number of carbonyl (C=O) groups excluding carboxylic acids is 1. The summed E-state index contributed by atoms with van der Waals surface area (Å²) < 4.78 is 7.37. The van der Waals surface area contributed by atoms with Crippen molar-refractivity contribution in [1.29, 1.82) is 0 Å². The van der Waals surface area contributed by atoms with Crippen molar-refractivity contribution >= 4 is 34.8 Å². The van der Waals surface area contributed by atoms with Crippen LogP contribution in [0.5, 0.6) is 5.88 Å². The largest absolute Gasteiger partial charge is 0.481 e. The number of ether oxygens (including phenoxy) is 1. The van der Waals surface area contributed by atoms with Gasteiger partial charge in [0.2, 0.25) is 5.88 Å². The van der Waals surface area contributed by atoms with Gasteiger partial charge < -0.3 is 14.0 Å². The first-order valence-corrected chi connectivity index (χ1v) is 12.7. The van der Waals surface area contributed by atoms with Crippen LogP contribution in [0, 0.1) is 0 Å². The molecule has 3 fully saturated rings. The quantitative estimate of drug-likeness (QED) is 0.361. The Morgan fingerprint density at radius 2 is 1.81 bits per heavy atom. The molecule has 4 aromatic rings. The number of halogens is 2. The lowest BCUT2D eigenvalue weighted by molar-refractivity contribution is -0.0162. The number of piperidine rings is 2. The molecular formula is C27H25Cl2N5O2. The topological polar surface area (TPSA) is 63.0 Å². The van der Waals surface area contributed by atoms with Gasteiger partial charge in [0.15, 0.2) is 5.69 Å². The minimum absolute atomic E-state index is 0.102. The maximum Gasteiger partial charge on any atom is 0.274 e. The first kappa shape index (κ1) is 23.3. The third kappa shape index (κ3) is 4.11. The van der Waals surface area contributed by atoms with E-state index in [1.807, 2.05) is 47.4 Å². The smallest absolute Gasteiger partial charge is 0.274 e. The highest BCUT2D eigenvalue weighted by atomic mass is 35.5. The molecule has 0 aliphatic carbocycles. The summed E-state index contributed by atoms with van der Waals surface area (Å²) in [7, 11) is 1.53. The minimum atomic E-state index is -0.134. The Labute approximate surface area is 219 Å². The van der Waals surface area contributed by atoms with E-state index in [-0.39, 0.29) is 23.7 Å². The molecule has 1 amide bonds. The summed E-state index contributed by atoms with van der Waals surface area (Å²) in [6.07, 6.45) is 4.07. The number of imidazole rings is 1. The molecule has 1 aromatic carbocycles. The second-order valence-corrected chi connectivity index (χ2v) is 10.1. The number of fused-ring (bicyclic) bond motifs is 4. The number of rotatable bonds is 5. The first-order valence-electron chi connectivity index (χ1n) is 12.0. The average molecular weight is 522 g/mol. The van der Waals surface area contributed by atoms with E-state index in [4.69, 9.17) is 32.9 Å². The van der Waals surface area contributed by atoms with Gasteiger partial charge in [-0.1, -0.05) is 41.4 Å². The van der Waals surface area contributed by atoms with Crippen LogP contribution in [-0.4, -0.2) is 62.4 Å². The summed E-state index contributed by atoms with van der Waals surface area (Å²) in [5, 5.41) is 1.05. The lowest BCUT2D eigenvalue weighted by Crippen LogP contribution is -2.63. The zero-order valence-corrected chi connectivity index (χ0v) is 21.3. The number of pyridine rings is 2. The number of amides is 1. The number of carbonyl (C=O) groups is 1. The lowest BCUT2D eigenvalue weighted by atomic mass is 9.90. The zero-order valence-electron chi connectivity index (χ0n) is 19.8. The maximum atomic E-state index is 13.4. The minimum Gasteiger partial charge on any atom is -0.481 e. The highest BCUT2D eigenvalue weighted by Crippen LogP contribution is 2.34. The van der Waals surface area contributed by atoms with Gasteiger partial charge in [0.1, 0.15) is 5.65 Å². The second-order valence-electron chi connectivity index (χ2n) is 9.30. The standard InChI is InChI=1S/C27H25Cl2N5O2/c1-36-24-12-11-21(29)26(31-24)27(35)34-15-19-9-10-20(34)14-32(19)16-22-25(17-5-7-18(28)8-6-17)30-23-4-2-3-13-33(22)23/h2-8,11-13,19-20H,9-10,14-16H2,1H3/t19-,20?/m0/s1. The van der Waals surface area contributed by atoms with Gasteiger partial charge in [-0.25, -0.2) is 9.97 Å². The SMILES string of the molecule is COc1ccc(Cl)c(C(=O)N2C[C@@H]3CCC2CN3Cc2c(-c3ccc(Cl)cc3)nc3ccccn23)n1. The Balaban J connectivity index is 1.28. The third-order valence-electron chi connectivity index (χ3n) is 7.24. The van der Waals surface area contributed by atoms with E-state index in [2.05, 4.69) is 20.5 Å². The number of benzene rings is 1. The summed E-state index contributed by atoms with van der Waals surface area (Å²) in [4.78, 5) is 27.1. The molecular weight excluding hydrogens is 497 g/mol. The van der Waals surface area contributed by atoms with Crippen LogP contribution in [0.1, 0.15) is 29.0 Å². The summed E-state index contributed by atoms with van der Waals surface area (Å²) in [6, 6.07) is 17.6. The van der Waals surface area contributed by atoms with Crippen LogP contribution in [0.3, 0.4) is 0 Å². The average Bonchev–Trinajstić information content (AvgIpc) is 3.27. The number of hydrogen-bond donors (Lipinski definition) is 0. The van der Waals surface area contributed by atoms with E-state index in [1.165, 1.54) is 7.11 Å². The number of methoxy groups -OCH3 is 1. The molecule has 0 saturated carbocycles. The molecule has 0 N–H and O–H groups in total. The molecule has 184 valence electrons. The fourth-order valence-electron chi connectivity index (χ4n) is 5.41. The Kier molecular flexibility index (Phi) is 6.07. The van der Waals surface area contributed by atoms with Crippen LogP contribution in [0.2, 0.25) is 10.0 Å². The number of aromatic nitrogens is 3. The van der Waals surface area contributed by atoms with E-state index < -0.39 is 0 Å². The number of nitrogens with zero attached hydrogens (tertiary/aromatic N) is 5. The van der Waals surface area contributed by atoms with Crippen LogP contribution >= 0.6 is 23.2 Å². The van der Waals surface area contributed by atoms with Gasteiger partial charge in [-0.2, -0.15) is 0 Å². The Morgan fingerprint density at radius 1 is 1.00 bits per heavy atom. The van der Waals surface area contributed by atoms with Gasteiger partial charge in [0, 0.05) is 54.6 Å². The molecule has 7 nitrogen and oxygen atoms in total. The van der Waals surface area contributed by atoms with E-state index in [1.54, 1.807) is 12.1 Å². The van der Waals surface area contributed by atoms with Gasteiger partial charge in [-0.05, 0) is 43.2 Å². The fraction of sp³-hybridized carbons (Fsp3) is 0.296. The van der Waals surface area contributed by atoms with Crippen molar-refractivity contribution < 1.29 is 9.53 Å². The maximum absolute atomic E-state index is 13.4. The van der Waals surface area contributed by atoms with E-state index in [0.717, 1.165) is 48.5 Å².